The molecule has 0 aliphatic carbocycles. The lowest BCUT2D eigenvalue weighted by Gasteiger charge is -2.23. The lowest BCUT2D eigenvalue weighted by atomic mass is 10.0. The van der Waals surface area contributed by atoms with Crippen molar-refractivity contribution in [1.29, 1.82) is 0 Å². The minimum absolute atomic E-state index is 0.306. The summed E-state index contributed by atoms with van der Waals surface area (Å²) in [6, 6.07) is 7.38. The Morgan fingerprint density at radius 3 is 3.06 bits per heavy atom. The van der Waals surface area contributed by atoms with Gasteiger partial charge in [0.05, 0.1) is 12.3 Å². The van der Waals surface area contributed by atoms with Gasteiger partial charge in [0.2, 0.25) is 0 Å². The molecule has 5 nitrogen and oxygen atoms in total. The molecule has 84 valence electrons. The Morgan fingerprint density at radius 1 is 1.56 bits per heavy atom. The number of nitrogens with one attached hydrogen (secondary N) is 1. The number of aliphatic imine (C=N–C) groups is 1. The SMILES string of the molecule is CCOC(=O)NC1(N)C=Nc2ccccc21. The summed E-state index contributed by atoms with van der Waals surface area (Å²) in [5.74, 6) is 0. The molecule has 1 aromatic rings. The van der Waals surface area contributed by atoms with Crippen LogP contribution in [0.25, 0.3) is 0 Å². The zero-order chi connectivity index (χ0) is 11.6. The molecular weight excluding hydrogens is 206 g/mol. The number of alkyl carbamates (subject to hydrolysis) is 1. The smallest absolute Gasteiger partial charge is 0.409 e. The summed E-state index contributed by atoms with van der Waals surface area (Å²) in [6.07, 6.45) is 0.961. The first kappa shape index (κ1) is 10.6. The molecule has 0 radical (unpaired) electrons. The highest BCUT2D eigenvalue weighted by atomic mass is 16.5. The molecule has 2 rings (SSSR count). The van der Waals surface area contributed by atoms with Gasteiger partial charge in [0.25, 0.3) is 0 Å². The maximum absolute atomic E-state index is 11.3. The fourth-order valence-electron chi connectivity index (χ4n) is 1.61. The van der Waals surface area contributed by atoms with Crippen molar-refractivity contribution >= 4 is 18.0 Å². The third-order valence-electron chi connectivity index (χ3n) is 2.34. The summed E-state index contributed by atoms with van der Waals surface area (Å²) in [4.78, 5) is 15.5. The van der Waals surface area contributed by atoms with E-state index in [0.29, 0.717) is 6.61 Å². The van der Waals surface area contributed by atoms with Gasteiger partial charge in [0.15, 0.2) is 5.66 Å². The third-order valence-corrected chi connectivity index (χ3v) is 2.34. The van der Waals surface area contributed by atoms with E-state index in [1.165, 1.54) is 6.21 Å². The molecule has 16 heavy (non-hydrogen) atoms. The zero-order valence-corrected chi connectivity index (χ0v) is 8.93. The molecular formula is C11H13N3O2. The lowest BCUT2D eigenvalue weighted by molar-refractivity contribution is 0.145. The highest BCUT2D eigenvalue weighted by Gasteiger charge is 2.34. The Bertz CT molecular complexity index is 445. The van der Waals surface area contributed by atoms with Crippen molar-refractivity contribution in [2.45, 2.75) is 12.6 Å². The van der Waals surface area contributed by atoms with Crippen LogP contribution in [-0.4, -0.2) is 18.9 Å². The molecule has 1 aromatic carbocycles. The molecule has 0 spiro atoms. The van der Waals surface area contributed by atoms with Crippen LogP contribution in [0.15, 0.2) is 29.3 Å². The van der Waals surface area contributed by atoms with E-state index in [0.717, 1.165) is 11.3 Å². The number of benzene rings is 1. The van der Waals surface area contributed by atoms with Gasteiger partial charge in [0, 0.05) is 11.8 Å². The van der Waals surface area contributed by atoms with Gasteiger partial charge in [-0.2, -0.15) is 0 Å². The topological polar surface area (TPSA) is 76.7 Å². The average Bonchev–Trinajstić information content (AvgIpc) is 2.58. The second kappa shape index (κ2) is 3.94. The molecule has 0 bridgehead atoms. The Balaban J connectivity index is 2.22. The molecule has 1 atom stereocenters. The van der Waals surface area contributed by atoms with E-state index in [9.17, 15) is 4.79 Å². The number of carbonyl (C=O) groups excluding carboxylic acids is 1. The number of nitrogens with zero attached hydrogens (tertiary/aromatic N) is 1. The third kappa shape index (κ3) is 1.77. The standard InChI is InChI=1S/C11H13N3O2/c1-2-16-10(15)14-11(12)7-13-9-6-4-3-5-8(9)11/h3-7H,2,12H2,1H3,(H,14,15). The first-order valence-corrected chi connectivity index (χ1v) is 5.04. The summed E-state index contributed by atoms with van der Waals surface area (Å²) in [5, 5.41) is 2.58. The van der Waals surface area contributed by atoms with E-state index in [4.69, 9.17) is 10.5 Å². The van der Waals surface area contributed by atoms with Crippen LogP contribution in [0.1, 0.15) is 12.5 Å². The Hall–Kier alpha value is -1.88. The quantitative estimate of drug-likeness (QED) is 0.735. The van der Waals surface area contributed by atoms with Crippen molar-refractivity contribution in [3.63, 3.8) is 0 Å². The number of hydrogen-bond acceptors (Lipinski definition) is 4. The molecule has 1 aliphatic heterocycles. The number of rotatable bonds is 2. The van der Waals surface area contributed by atoms with Crippen molar-refractivity contribution < 1.29 is 9.53 Å². The van der Waals surface area contributed by atoms with Crippen molar-refractivity contribution in [3.8, 4) is 0 Å². The van der Waals surface area contributed by atoms with Gasteiger partial charge in [-0.3, -0.25) is 10.3 Å². The molecule has 0 saturated heterocycles. The van der Waals surface area contributed by atoms with Gasteiger partial charge in [0.1, 0.15) is 0 Å². The molecule has 0 saturated carbocycles. The first-order valence-electron chi connectivity index (χ1n) is 5.04. The average molecular weight is 219 g/mol. The van der Waals surface area contributed by atoms with Gasteiger partial charge < -0.3 is 10.5 Å². The van der Waals surface area contributed by atoms with E-state index in [1.54, 1.807) is 6.92 Å². The summed E-state index contributed by atoms with van der Waals surface area (Å²) in [5.41, 5.74) is 6.51. The minimum atomic E-state index is -1.07. The van der Waals surface area contributed by atoms with Gasteiger partial charge in [-0.05, 0) is 13.0 Å². The van der Waals surface area contributed by atoms with Crippen LogP contribution in [0.4, 0.5) is 10.5 Å². The second-order valence-electron chi connectivity index (χ2n) is 3.49. The van der Waals surface area contributed by atoms with Crippen molar-refractivity contribution in [2.75, 3.05) is 6.61 Å². The monoisotopic (exact) mass is 219 g/mol. The Labute approximate surface area is 93.3 Å². The molecule has 5 heteroatoms. The molecule has 1 aliphatic rings. The summed E-state index contributed by atoms with van der Waals surface area (Å²) >= 11 is 0. The van der Waals surface area contributed by atoms with Crippen LogP contribution >= 0.6 is 0 Å². The molecule has 1 amide bonds. The van der Waals surface area contributed by atoms with Gasteiger partial charge in [-0.1, -0.05) is 18.2 Å². The number of ether oxygens (including phenoxy) is 1. The number of hydrogen-bond donors (Lipinski definition) is 2. The van der Waals surface area contributed by atoms with E-state index in [1.807, 2.05) is 24.3 Å². The van der Waals surface area contributed by atoms with Crippen LogP contribution in [0.2, 0.25) is 0 Å². The molecule has 0 aromatic heterocycles. The Kier molecular flexibility index (Phi) is 2.62. The number of para-hydroxylation sites is 1. The molecule has 0 fully saturated rings. The first-order chi connectivity index (χ1) is 7.65. The van der Waals surface area contributed by atoms with E-state index < -0.39 is 11.8 Å². The van der Waals surface area contributed by atoms with E-state index >= 15 is 0 Å². The molecule has 1 heterocycles. The Morgan fingerprint density at radius 2 is 2.31 bits per heavy atom. The highest BCUT2D eigenvalue weighted by Crippen LogP contribution is 2.31. The maximum Gasteiger partial charge on any atom is 0.409 e. The van der Waals surface area contributed by atoms with Crippen LogP contribution in [0.5, 0.6) is 0 Å². The van der Waals surface area contributed by atoms with Crippen LogP contribution in [0, 0.1) is 0 Å². The van der Waals surface area contributed by atoms with Crippen LogP contribution in [-0.2, 0) is 10.4 Å². The number of amides is 1. The number of carbonyl (C=O) groups is 1. The fraction of sp³-hybridized carbons (Fsp3) is 0.273. The lowest BCUT2D eigenvalue weighted by Crippen LogP contribution is -2.53. The highest BCUT2D eigenvalue weighted by molar-refractivity contribution is 5.87. The van der Waals surface area contributed by atoms with Crippen molar-refractivity contribution in [3.05, 3.63) is 29.8 Å². The van der Waals surface area contributed by atoms with Crippen LogP contribution < -0.4 is 11.1 Å². The minimum Gasteiger partial charge on any atom is -0.450 e. The fourth-order valence-corrected chi connectivity index (χ4v) is 1.61. The largest absolute Gasteiger partial charge is 0.450 e. The summed E-state index contributed by atoms with van der Waals surface area (Å²) < 4.78 is 4.79. The van der Waals surface area contributed by atoms with E-state index in [-0.39, 0.29) is 0 Å². The predicted molar refractivity (Wildman–Crippen MR) is 60.6 cm³/mol. The van der Waals surface area contributed by atoms with Crippen molar-refractivity contribution in [1.82, 2.24) is 5.32 Å². The normalized spacial score (nSPS) is 21.6. The molecule has 3 N–H and O–H groups in total. The summed E-state index contributed by atoms with van der Waals surface area (Å²) in [6.45, 7) is 2.04. The summed E-state index contributed by atoms with van der Waals surface area (Å²) in [7, 11) is 0. The van der Waals surface area contributed by atoms with Gasteiger partial charge in [-0.15, -0.1) is 0 Å². The maximum atomic E-state index is 11.3. The zero-order valence-electron chi connectivity index (χ0n) is 8.93. The predicted octanol–water partition coefficient (Wildman–Crippen LogP) is 1.26. The van der Waals surface area contributed by atoms with Crippen molar-refractivity contribution in [2.24, 2.45) is 10.7 Å². The molecule has 1 unspecified atom stereocenters. The van der Waals surface area contributed by atoms with Crippen LogP contribution in [0.3, 0.4) is 0 Å². The second-order valence-corrected chi connectivity index (χ2v) is 3.49. The number of fused-ring (bicyclic) bond motifs is 1. The van der Waals surface area contributed by atoms with Gasteiger partial charge in [-0.25, -0.2) is 4.79 Å². The van der Waals surface area contributed by atoms with E-state index in [2.05, 4.69) is 10.3 Å². The number of nitrogens with two attached hydrogens (primary N) is 1. The van der Waals surface area contributed by atoms with Gasteiger partial charge >= 0.3 is 6.09 Å².